The van der Waals surface area contributed by atoms with Gasteiger partial charge in [-0.15, -0.1) is 0 Å². The van der Waals surface area contributed by atoms with Gasteiger partial charge in [0.25, 0.3) is 0 Å². The van der Waals surface area contributed by atoms with Crippen LogP contribution in [0.15, 0.2) is 11.7 Å². The minimum absolute atomic E-state index is 0.141. The minimum atomic E-state index is -0.791. The second kappa shape index (κ2) is 8.28. The molecule has 0 bridgehead atoms. The predicted molar refractivity (Wildman–Crippen MR) is 54.9 cm³/mol. The summed E-state index contributed by atoms with van der Waals surface area (Å²) in [6, 6.07) is 0. The molecule has 0 aliphatic heterocycles. The van der Waals surface area contributed by atoms with Crippen LogP contribution in [0.25, 0.3) is 0 Å². The second-order valence-corrected chi connectivity index (χ2v) is 4.37. The molecule has 0 heterocycles. The van der Waals surface area contributed by atoms with Gasteiger partial charge in [-0.2, -0.15) is 11.8 Å². The number of carboxylic acid groups (broad SMARTS) is 1. The Morgan fingerprint density at radius 1 is 1.46 bits per heavy atom. The van der Waals surface area contributed by atoms with Gasteiger partial charge >= 0.3 is 5.97 Å². The maximum Gasteiger partial charge on any atom is 0.313 e. The van der Waals surface area contributed by atoms with Crippen LogP contribution < -0.4 is 0 Å². The molecule has 0 atom stereocenters. The van der Waals surface area contributed by atoms with Crippen molar-refractivity contribution in [2.24, 2.45) is 0 Å². The van der Waals surface area contributed by atoms with E-state index in [0.717, 1.165) is 17.9 Å². The maximum atomic E-state index is 10.1. The minimum Gasteiger partial charge on any atom is -0.481 e. The van der Waals surface area contributed by atoms with E-state index >= 15 is 0 Å². The van der Waals surface area contributed by atoms with Gasteiger partial charge in [0.2, 0.25) is 0 Å². The Bertz CT molecular complexity index is 172. The van der Waals surface area contributed by atoms with Crippen LogP contribution >= 0.6 is 23.5 Å². The van der Waals surface area contributed by atoms with E-state index in [0.29, 0.717) is 0 Å². The van der Waals surface area contributed by atoms with Crippen molar-refractivity contribution in [2.75, 3.05) is 17.3 Å². The Morgan fingerprint density at radius 3 is 2.69 bits per heavy atom. The molecule has 0 aromatic rings. The van der Waals surface area contributed by atoms with Crippen LogP contribution in [0.2, 0.25) is 0 Å². The third kappa shape index (κ3) is 9.59. The molecule has 13 heavy (non-hydrogen) atoms. The molecule has 0 aliphatic rings. The van der Waals surface area contributed by atoms with Gasteiger partial charge in [0.05, 0.1) is 5.75 Å². The third-order valence-corrected chi connectivity index (χ3v) is 2.94. The highest BCUT2D eigenvalue weighted by Gasteiger charge is 1.98. The molecule has 0 spiro atoms. The van der Waals surface area contributed by atoms with Gasteiger partial charge in [-0.3, -0.25) is 4.79 Å². The third-order valence-electron chi connectivity index (χ3n) is 1.02. The lowest BCUT2D eigenvalue weighted by molar-refractivity contribution is -0.191. The van der Waals surface area contributed by atoms with Gasteiger partial charge in [0, 0.05) is 5.75 Å². The lowest BCUT2D eigenvalue weighted by atomic mass is 10.6. The van der Waals surface area contributed by atoms with Crippen molar-refractivity contribution in [1.82, 2.24) is 0 Å². The SMILES string of the molecule is C=C(OO)SCCCSCC(=O)O. The molecule has 2 N–H and O–H groups in total. The van der Waals surface area contributed by atoms with Crippen LogP contribution in [0.3, 0.4) is 0 Å². The Balaban J connectivity index is 3.08. The van der Waals surface area contributed by atoms with Gasteiger partial charge in [-0.1, -0.05) is 11.8 Å². The summed E-state index contributed by atoms with van der Waals surface area (Å²) >= 11 is 2.68. The summed E-state index contributed by atoms with van der Waals surface area (Å²) in [4.78, 5) is 14.0. The summed E-state index contributed by atoms with van der Waals surface area (Å²) < 4.78 is 0. The lowest BCUT2D eigenvalue weighted by Gasteiger charge is -2.00. The van der Waals surface area contributed by atoms with E-state index in [4.69, 9.17) is 10.4 Å². The van der Waals surface area contributed by atoms with Gasteiger partial charge in [0.1, 0.15) is 0 Å². The van der Waals surface area contributed by atoms with E-state index in [1.807, 2.05) is 0 Å². The fourth-order valence-electron chi connectivity index (χ4n) is 0.533. The molecule has 0 saturated heterocycles. The first-order valence-electron chi connectivity index (χ1n) is 3.59. The number of hydrogen-bond acceptors (Lipinski definition) is 5. The van der Waals surface area contributed by atoms with E-state index in [1.54, 1.807) is 0 Å². The average molecular weight is 224 g/mol. The van der Waals surface area contributed by atoms with Crippen molar-refractivity contribution in [3.63, 3.8) is 0 Å². The molecule has 0 aliphatic carbocycles. The first-order chi connectivity index (χ1) is 6.16. The van der Waals surface area contributed by atoms with Gasteiger partial charge < -0.3 is 9.99 Å². The molecule has 0 saturated carbocycles. The Kier molecular flexibility index (Phi) is 8.07. The van der Waals surface area contributed by atoms with Crippen LogP contribution in [0.4, 0.5) is 0 Å². The highest BCUT2D eigenvalue weighted by Crippen LogP contribution is 2.15. The standard InChI is InChI=1S/C7H12O4S2/c1-6(11-10)13-4-2-3-12-5-7(8)9/h10H,1-5H2,(H,8,9). The number of carbonyl (C=O) groups is 1. The molecular formula is C7H12O4S2. The fourth-order valence-corrected chi connectivity index (χ4v) is 1.95. The van der Waals surface area contributed by atoms with E-state index in [1.165, 1.54) is 23.5 Å². The summed E-state index contributed by atoms with van der Waals surface area (Å²) in [5.74, 6) is 0.910. The van der Waals surface area contributed by atoms with Crippen LogP contribution in [0.1, 0.15) is 6.42 Å². The van der Waals surface area contributed by atoms with E-state index in [9.17, 15) is 4.79 Å². The molecule has 4 nitrogen and oxygen atoms in total. The number of hydrogen-bond donors (Lipinski definition) is 2. The largest absolute Gasteiger partial charge is 0.481 e. The van der Waals surface area contributed by atoms with Crippen LogP contribution in [0.5, 0.6) is 0 Å². The normalized spacial score (nSPS) is 9.62. The van der Waals surface area contributed by atoms with Gasteiger partial charge in [-0.25, -0.2) is 5.26 Å². The Labute approximate surface area is 85.3 Å². The number of thioether (sulfide) groups is 2. The van der Waals surface area contributed by atoms with Crippen molar-refractivity contribution < 1.29 is 20.0 Å². The zero-order chi connectivity index (χ0) is 10.1. The highest BCUT2D eigenvalue weighted by molar-refractivity contribution is 8.03. The Hall–Kier alpha value is -0.330. The first-order valence-corrected chi connectivity index (χ1v) is 5.73. The van der Waals surface area contributed by atoms with Crippen LogP contribution in [0, 0.1) is 0 Å². The summed E-state index contributed by atoms with van der Waals surface area (Å²) in [7, 11) is 0. The lowest BCUT2D eigenvalue weighted by Crippen LogP contribution is -1.99. The summed E-state index contributed by atoms with van der Waals surface area (Å²) in [5.41, 5.74) is 0. The molecule has 0 amide bonds. The summed E-state index contributed by atoms with van der Waals surface area (Å²) in [6.45, 7) is 3.41. The van der Waals surface area contributed by atoms with Crippen molar-refractivity contribution in [1.29, 1.82) is 0 Å². The highest BCUT2D eigenvalue weighted by atomic mass is 32.2. The van der Waals surface area contributed by atoms with E-state index in [-0.39, 0.29) is 10.8 Å². The van der Waals surface area contributed by atoms with Crippen molar-refractivity contribution >= 4 is 29.5 Å². The summed E-state index contributed by atoms with van der Waals surface area (Å²) in [5, 5.41) is 16.7. The molecule has 0 aromatic carbocycles. The smallest absolute Gasteiger partial charge is 0.313 e. The first kappa shape index (κ1) is 12.7. The van der Waals surface area contributed by atoms with E-state index in [2.05, 4.69) is 11.5 Å². The Morgan fingerprint density at radius 2 is 2.15 bits per heavy atom. The van der Waals surface area contributed by atoms with Gasteiger partial charge in [0.15, 0.2) is 5.09 Å². The van der Waals surface area contributed by atoms with E-state index < -0.39 is 5.97 Å². The monoisotopic (exact) mass is 224 g/mol. The van der Waals surface area contributed by atoms with Crippen molar-refractivity contribution in [3.8, 4) is 0 Å². The zero-order valence-electron chi connectivity index (χ0n) is 7.06. The zero-order valence-corrected chi connectivity index (χ0v) is 8.70. The number of carboxylic acids is 1. The van der Waals surface area contributed by atoms with Gasteiger partial charge in [-0.05, 0) is 18.8 Å². The average Bonchev–Trinajstić information content (AvgIpc) is 2.10. The van der Waals surface area contributed by atoms with Crippen LogP contribution in [-0.4, -0.2) is 33.6 Å². The molecule has 0 fully saturated rings. The predicted octanol–water partition coefficient (Wildman–Crippen LogP) is 1.89. The molecule has 76 valence electrons. The molecule has 6 heteroatoms. The molecule has 0 unspecified atom stereocenters. The topological polar surface area (TPSA) is 66.8 Å². The molecule has 0 radical (unpaired) electrons. The maximum absolute atomic E-state index is 10.1. The van der Waals surface area contributed by atoms with Crippen LogP contribution in [-0.2, 0) is 9.68 Å². The van der Waals surface area contributed by atoms with Crippen molar-refractivity contribution in [3.05, 3.63) is 11.7 Å². The quantitative estimate of drug-likeness (QED) is 0.284. The number of aliphatic carboxylic acids is 1. The number of rotatable bonds is 8. The van der Waals surface area contributed by atoms with Crippen molar-refractivity contribution in [2.45, 2.75) is 6.42 Å². The molecule has 0 rings (SSSR count). The fraction of sp³-hybridized carbons (Fsp3) is 0.571. The summed E-state index contributed by atoms with van der Waals surface area (Å²) in [6.07, 6.45) is 0.866. The second-order valence-electron chi connectivity index (χ2n) is 2.11. The molecule has 0 aromatic heterocycles. The molecular weight excluding hydrogens is 212 g/mol.